The summed E-state index contributed by atoms with van der Waals surface area (Å²) in [4.78, 5) is 0. The highest BCUT2D eigenvalue weighted by atomic mass is 16.3. The highest BCUT2D eigenvalue weighted by Crippen LogP contribution is 2.11. The van der Waals surface area contributed by atoms with Crippen LogP contribution in [0.4, 0.5) is 11.4 Å². The van der Waals surface area contributed by atoms with Crippen LogP contribution in [0.15, 0.2) is 24.3 Å². The lowest BCUT2D eigenvalue weighted by Crippen LogP contribution is -2.18. The van der Waals surface area contributed by atoms with Gasteiger partial charge in [-0.3, -0.25) is 0 Å². The van der Waals surface area contributed by atoms with Gasteiger partial charge >= 0.3 is 0 Å². The molecule has 1 unspecified atom stereocenters. The highest BCUT2D eigenvalue weighted by molar-refractivity contribution is 5.54. The van der Waals surface area contributed by atoms with E-state index in [2.05, 4.69) is 5.32 Å². The molecule has 0 bridgehead atoms. The van der Waals surface area contributed by atoms with E-state index in [4.69, 9.17) is 5.73 Å². The maximum absolute atomic E-state index is 9.29. The number of rotatable bonds is 4. The van der Waals surface area contributed by atoms with Crippen LogP contribution in [0.2, 0.25) is 0 Å². The number of hydrogen-bond donors (Lipinski definition) is 3. The number of nitrogens with one attached hydrogen (secondary N) is 1. The Balaban J connectivity index is 2.45. The minimum Gasteiger partial charge on any atom is -0.399 e. The number of hydrogen-bond acceptors (Lipinski definition) is 3. The van der Waals surface area contributed by atoms with Gasteiger partial charge in [0.1, 0.15) is 0 Å². The first-order valence-electron chi connectivity index (χ1n) is 4.50. The van der Waals surface area contributed by atoms with Crippen molar-refractivity contribution in [2.45, 2.75) is 19.4 Å². The maximum Gasteiger partial charge on any atom is 0.0709 e. The first-order valence-corrected chi connectivity index (χ1v) is 4.50. The van der Waals surface area contributed by atoms with Gasteiger partial charge in [-0.2, -0.15) is 0 Å². The minimum absolute atomic E-state index is 0.290. The third-order valence-electron chi connectivity index (χ3n) is 1.90. The van der Waals surface area contributed by atoms with Crippen LogP contribution in [-0.2, 0) is 0 Å². The molecular formula is C10H16N2O. The van der Waals surface area contributed by atoms with Crippen molar-refractivity contribution in [1.29, 1.82) is 0 Å². The van der Waals surface area contributed by atoms with Crippen molar-refractivity contribution in [2.24, 2.45) is 0 Å². The summed E-state index contributed by atoms with van der Waals surface area (Å²) in [5.74, 6) is 0. The van der Waals surface area contributed by atoms with E-state index in [0.717, 1.165) is 17.8 Å². The molecule has 3 nitrogen and oxygen atoms in total. The van der Waals surface area contributed by atoms with Gasteiger partial charge < -0.3 is 16.2 Å². The van der Waals surface area contributed by atoms with Crippen LogP contribution < -0.4 is 11.1 Å². The van der Waals surface area contributed by atoms with E-state index in [1.54, 1.807) is 0 Å². The molecule has 0 saturated carbocycles. The monoisotopic (exact) mass is 180 g/mol. The Morgan fingerprint density at radius 3 is 2.92 bits per heavy atom. The minimum atomic E-state index is -0.290. The van der Waals surface area contributed by atoms with Crippen LogP contribution in [-0.4, -0.2) is 17.8 Å². The van der Waals surface area contributed by atoms with E-state index in [9.17, 15) is 5.11 Å². The summed E-state index contributed by atoms with van der Waals surface area (Å²) >= 11 is 0. The molecule has 72 valence electrons. The average molecular weight is 180 g/mol. The zero-order valence-electron chi connectivity index (χ0n) is 7.83. The number of benzene rings is 1. The number of anilines is 2. The van der Waals surface area contributed by atoms with Crippen molar-refractivity contribution in [3.63, 3.8) is 0 Å². The third kappa shape index (κ3) is 3.34. The summed E-state index contributed by atoms with van der Waals surface area (Å²) in [7, 11) is 0. The molecular weight excluding hydrogens is 164 g/mol. The summed E-state index contributed by atoms with van der Waals surface area (Å²) in [6.45, 7) is 2.52. The Hall–Kier alpha value is -1.22. The molecule has 13 heavy (non-hydrogen) atoms. The van der Waals surface area contributed by atoms with Gasteiger partial charge in [0.15, 0.2) is 0 Å². The van der Waals surface area contributed by atoms with Crippen molar-refractivity contribution in [2.75, 3.05) is 17.6 Å². The molecule has 0 radical (unpaired) electrons. The van der Waals surface area contributed by atoms with E-state index in [1.165, 1.54) is 0 Å². The van der Waals surface area contributed by atoms with Gasteiger partial charge in [0.25, 0.3) is 0 Å². The molecule has 1 atom stereocenters. The number of aliphatic hydroxyl groups is 1. The van der Waals surface area contributed by atoms with Crippen LogP contribution in [0.5, 0.6) is 0 Å². The van der Waals surface area contributed by atoms with E-state index >= 15 is 0 Å². The molecule has 0 fully saturated rings. The van der Waals surface area contributed by atoms with Gasteiger partial charge in [-0.25, -0.2) is 0 Å². The first-order chi connectivity index (χ1) is 6.22. The second kappa shape index (κ2) is 4.72. The van der Waals surface area contributed by atoms with Crippen LogP contribution in [0.1, 0.15) is 13.3 Å². The fraction of sp³-hybridized carbons (Fsp3) is 0.400. The Bertz CT molecular complexity index is 263. The normalized spacial score (nSPS) is 12.5. The lowest BCUT2D eigenvalue weighted by Gasteiger charge is -2.10. The molecule has 1 aromatic carbocycles. The SMILES string of the molecule is CCC(O)CNc1cccc(N)c1. The van der Waals surface area contributed by atoms with Gasteiger partial charge in [0.05, 0.1) is 6.10 Å². The summed E-state index contributed by atoms with van der Waals surface area (Å²) in [5, 5.41) is 12.4. The standard InChI is InChI=1S/C10H16N2O/c1-2-10(13)7-12-9-5-3-4-8(11)6-9/h3-6,10,12-13H,2,7,11H2,1H3. The molecule has 0 aliphatic rings. The molecule has 0 saturated heterocycles. The number of aliphatic hydroxyl groups excluding tert-OH is 1. The summed E-state index contributed by atoms with van der Waals surface area (Å²) in [5.41, 5.74) is 7.28. The molecule has 0 amide bonds. The van der Waals surface area contributed by atoms with E-state index in [1.807, 2.05) is 31.2 Å². The van der Waals surface area contributed by atoms with E-state index in [-0.39, 0.29) is 6.10 Å². The third-order valence-corrected chi connectivity index (χ3v) is 1.90. The first kappa shape index (κ1) is 9.86. The van der Waals surface area contributed by atoms with Crippen molar-refractivity contribution in [1.82, 2.24) is 0 Å². The van der Waals surface area contributed by atoms with Crippen LogP contribution in [0.3, 0.4) is 0 Å². The molecule has 0 aliphatic heterocycles. The Morgan fingerprint density at radius 2 is 2.31 bits per heavy atom. The predicted octanol–water partition coefficient (Wildman–Crippen LogP) is 1.45. The van der Waals surface area contributed by atoms with Crippen molar-refractivity contribution < 1.29 is 5.11 Å². The molecule has 1 rings (SSSR count). The highest BCUT2D eigenvalue weighted by Gasteiger charge is 1.99. The van der Waals surface area contributed by atoms with Gasteiger partial charge in [0.2, 0.25) is 0 Å². The smallest absolute Gasteiger partial charge is 0.0709 e. The molecule has 0 aliphatic carbocycles. The Morgan fingerprint density at radius 1 is 1.54 bits per heavy atom. The van der Waals surface area contributed by atoms with Crippen molar-refractivity contribution in [3.05, 3.63) is 24.3 Å². The zero-order valence-corrected chi connectivity index (χ0v) is 7.83. The van der Waals surface area contributed by atoms with Crippen LogP contribution >= 0.6 is 0 Å². The van der Waals surface area contributed by atoms with Gasteiger partial charge in [-0.1, -0.05) is 13.0 Å². The largest absolute Gasteiger partial charge is 0.399 e. The Labute approximate surface area is 78.6 Å². The van der Waals surface area contributed by atoms with Crippen LogP contribution in [0.25, 0.3) is 0 Å². The second-order valence-electron chi connectivity index (χ2n) is 3.07. The second-order valence-corrected chi connectivity index (χ2v) is 3.07. The average Bonchev–Trinajstić information content (AvgIpc) is 2.14. The van der Waals surface area contributed by atoms with E-state index < -0.39 is 0 Å². The summed E-state index contributed by atoms with van der Waals surface area (Å²) in [6, 6.07) is 7.50. The molecule has 1 aromatic rings. The molecule has 0 spiro atoms. The maximum atomic E-state index is 9.29. The summed E-state index contributed by atoms with van der Waals surface area (Å²) < 4.78 is 0. The quantitative estimate of drug-likeness (QED) is 0.615. The number of nitrogen functional groups attached to an aromatic ring is 1. The van der Waals surface area contributed by atoms with Crippen molar-refractivity contribution in [3.8, 4) is 0 Å². The van der Waals surface area contributed by atoms with Gasteiger partial charge in [-0.15, -0.1) is 0 Å². The topological polar surface area (TPSA) is 58.3 Å². The number of nitrogens with two attached hydrogens (primary N) is 1. The molecule has 3 heteroatoms. The molecule has 4 N–H and O–H groups in total. The predicted molar refractivity (Wildman–Crippen MR) is 55.6 cm³/mol. The van der Waals surface area contributed by atoms with Crippen molar-refractivity contribution >= 4 is 11.4 Å². The fourth-order valence-corrected chi connectivity index (χ4v) is 1.03. The van der Waals surface area contributed by atoms with Crippen LogP contribution in [0, 0.1) is 0 Å². The van der Waals surface area contributed by atoms with E-state index in [0.29, 0.717) is 6.54 Å². The Kier molecular flexibility index (Phi) is 3.58. The fourth-order valence-electron chi connectivity index (χ4n) is 1.03. The molecule has 0 heterocycles. The lowest BCUT2D eigenvalue weighted by atomic mass is 10.2. The van der Waals surface area contributed by atoms with Gasteiger partial charge in [0, 0.05) is 17.9 Å². The lowest BCUT2D eigenvalue weighted by molar-refractivity contribution is 0.183. The molecule has 0 aromatic heterocycles. The zero-order chi connectivity index (χ0) is 9.68. The van der Waals surface area contributed by atoms with Gasteiger partial charge in [-0.05, 0) is 24.6 Å². The summed E-state index contributed by atoms with van der Waals surface area (Å²) in [6.07, 6.45) is 0.469.